The highest BCUT2D eigenvalue weighted by Gasteiger charge is 2.12. The Morgan fingerprint density at radius 2 is 1.78 bits per heavy atom. The van der Waals surface area contributed by atoms with Crippen LogP contribution in [0.2, 0.25) is 10.2 Å². The summed E-state index contributed by atoms with van der Waals surface area (Å²) in [6, 6.07) is 9.64. The van der Waals surface area contributed by atoms with Crippen LogP contribution in [0.15, 0.2) is 36.4 Å². The SMILES string of the molecule is O=C(O)c1ccc(Cl)nc1Nc1ccc(Cl)cc1. The van der Waals surface area contributed by atoms with Crippen LogP contribution in [0.1, 0.15) is 10.4 Å². The Hall–Kier alpha value is -1.78. The molecule has 92 valence electrons. The van der Waals surface area contributed by atoms with Gasteiger partial charge in [0.15, 0.2) is 0 Å². The molecule has 0 radical (unpaired) electrons. The maximum atomic E-state index is 11.0. The van der Waals surface area contributed by atoms with E-state index in [-0.39, 0.29) is 16.5 Å². The van der Waals surface area contributed by atoms with Gasteiger partial charge in [0, 0.05) is 10.7 Å². The summed E-state index contributed by atoms with van der Waals surface area (Å²) < 4.78 is 0. The zero-order valence-electron chi connectivity index (χ0n) is 9.02. The number of carboxylic acids is 1. The van der Waals surface area contributed by atoms with Crippen molar-refractivity contribution in [3.63, 3.8) is 0 Å². The van der Waals surface area contributed by atoms with E-state index in [0.717, 1.165) is 0 Å². The quantitative estimate of drug-likeness (QED) is 0.840. The van der Waals surface area contributed by atoms with Gasteiger partial charge in [-0.2, -0.15) is 0 Å². The van der Waals surface area contributed by atoms with Crippen LogP contribution >= 0.6 is 23.2 Å². The monoisotopic (exact) mass is 282 g/mol. The summed E-state index contributed by atoms with van der Waals surface area (Å²) in [6.07, 6.45) is 0. The van der Waals surface area contributed by atoms with Crippen LogP contribution in [0.25, 0.3) is 0 Å². The van der Waals surface area contributed by atoms with Crippen molar-refractivity contribution in [1.29, 1.82) is 0 Å². The van der Waals surface area contributed by atoms with Crippen molar-refractivity contribution in [2.24, 2.45) is 0 Å². The predicted octanol–water partition coefficient (Wildman–Crippen LogP) is 3.83. The molecule has 4 nitrogen and oxygen atoms in total. The minimum Gasteiger partial charge on any atom is -0.478 e. The second-order valence-corrected chi connectivity index (χ2v) is 4.29. The lowest BCUT2D eigenvalue weighted by atomic mass is 10.2. The van der Waals surface area contributed by atoms with Crippen molar-refractivity contribution in [2.45, 2.75) is 0 Å². The zero-order chi connectivity index (χ0) is 13.1. The Kier molecular flexibility index (Phi) is 3.69. The highest BCUT2D eigenvalue weighted by Crippen LogP contribution is 2.22. The fourth-order valence-corrected chi connectivity index (χ4v) is 1.65. The molecule has 0 bridgehead atoms. The highest BCUT2D eigenvalue weighted by molar-refractivity contribution is 6.30. The van der Waals surface area contributed by atoms with Crippen molar-refractivity contribution < 1.29 is 9.90 Å². The smallest absolute Gasteiger partial charge is 0.339 e. The van der Waals surface area contributed by atoms with Gasteiger partial charge < -0.3 is 10.4 Å². The van der Waals surface area contributed by atoms with E-state index in [4.69, 9.17) is 28.3 Å². The van der Waals surface area contributed by atoms with Crippen molar-refractivity contribution in [2.75, 3.05) is 5.32 Å². The van der Waals surface area contributed by atoms with Gasteiger partial charge in [-0.05, 0) is 36.4 Å². The van der Waals surface area contributed by atoms with Crippen molar-refractivity contribution in [3.05, 3.63) is 52.1 Å². The Morgan fingerprint density at radius 3 is 2.39 bits per heavy atom. The molecule has 0 saturated carbocycles. The lowest BCUT2D eigenvalue weighted by Gasteiger charge is -2.08. The molecule has 0 spiro atoms. The third kappa shape index (κ3) is 2.91. The van der Waals surface area contributed by atoms with Crippen molar-refractivity contribution >= 4 is 40.7 Å². The van der Waals surface area contributed by atoms with Gasteiger partial charge in [-0.3, -0.25) is 0 Å². The Bertz CT molecular complexity index is 585. The second kappa shape index (κ2) is 5.25. The standard InChI is InChI=1S/C12H8Cl2N2O2/c13-7-1-3-8(4-2-7)15-11-9(12(17)18)5-6-10(14)16-11/h1-6H,(H,15,16)(H,17,18). The van der Waals surface area contributed by atoms with E-state index in [0.29, 0.717) is 10.7 Å². The maximum absolute atomic E-state index is 11.0. The molecule has 2 rings (SSSR count). The van der Waals surface area contributed by atoms with E-state index < -0.39 is 5.97 Å². The first-order chi connectivity index (χ1) is 8.56. The van der Waals surface area contributed by atoms with E-state index in [1.807, 2.05) is 0 Å². The number of aromatic carboxylic acids is 1. The molecule has 0 unspecified atom stereocenters. The minimum absolute atomic E-state index is 0.0503. The molecule has 2 N–H and O–H groups in total. The van der Waals surface area contributed by atoms with Gasteiger partial charge >= 0.3 is 5.97 Å². The molecular weight excluding hydrogens is 275 g/mol. The zero-order valence-corrected chi connectivity index (χ0v) is 10.5. The van der Waals surface area contributed by atoms with E-state index in [1.54, 1.807) is 24.3 Å². The van der Waals surface area contributed by atoms with Gasteiger partial charge in [-0.15, -0.1) is 0 Å². The first-order valence-corrected chi connectivity index (χ1v) is 5.74. The number of anilines is 2. The van der Waals surface area contributed by atoms with E-state index in [2.05, 4.69) is 10.3 Å². The molecule has 2 aromatic rings. The summed E-state index contributed by atoms with van der Waals surface area (Å²) in [7, 11) is 0. The van der Waals surface area contributed by atoms with Crippen LogP contribution in [0.5, 0.6) is 0 Å². The Labute approximate surface area is 113 Å². The van der Waals surface area contributed by atoms with Gasteiger partial charge in [0.25, 0.3) is 0 Å². The summed E-state index contributed by atoms with van der Waals surface area (Å²) in [5, 5.41) is 12.7. The summed E-state index contributed by atoms with van der Waals surface area (Å²) in [6.45, 7) is 0. The third-order valence-electron chi connectivity index (χ3n) is 2.20. The average Bonchev–Trinajstić information content (AvgIpc) is 2.32. The van der Waals surface area contributed by atoms with Gasteiger partial charge in [-0.1, -0.05) is 23.2 Å². The molecule has 0 aliphatic heterocycles. The molecule has 1 aromatic carbocycles. The number of nitrogens with zero attached hydrogens (tertiary/aromatic N) is 1. The van der Waals surface area contributed by atoms with Crippen LogP contribution in [0, 0.1) is 0 Å². The van der Waals surface area contributed by atoms with Crippen molar-refractivity contribution in [1.82, 2.24) is 4.98 Å². The summed E-state index contributed by atoms with van der Waals surface area (Å²) in [5.41, 5.74) is 0.728. The number of benzene rings is 1. The molecule has 0 aliphatic carbocycles. The molecule has 0 fully saturated rings. The van der Waals surface area contributed by atoms with Gasteiger partial charge in [0.05, 0.1) is 0 Å². The molecule has 0 saturated heterocycles. The first kappa shape index (κ1) is 12.7. The Balaban J connectivity index is 2.35. The molecular formula is C12H8Cl2N2O2. The van der Waals surface area contributed by atoms with Crippen LogP contribution < -0.4 is 5.32 Å². The number of nitrogens with one attached hydrogen (secondary N) is 1. The predicted molar refractivity (Wildman–Crippen MR) is 70.9 cm³/mol. The van der Waals surface area contributed by atoms with E-state index >= 15 is 0 Å². The second-order valence-electron chi connectivity index (χ2n) is 3.47. The molecule has 0 amide bonds. The van der Waals surface area contributed by atoms with Gasteiger partial charge in [-0.25, -0.2) is 9.78 Å². The maximum Gasteiger partial charge on any atom is 0.339 e. The fourth-order valence-electron chi connectivity index (χ4n) is 1.37. The van der Waals surface area contributed by atoms with Crippen LogP contribution in [0.4, 0.5) is 11.5 Å². The lowest BCUT2D eigenvalue weighted by molar-refractivity contribution is 0.0697. The number of hydrogen-bond acceptors (Lipinski definition) is 3. The summed E-state index contributed by atoms with van der Waals surface area (Å²) in [5.74, 6) is -0.882. The molecule has 18 heavy (non-hydrogen) atoms. The third-order valence-corrected chi connectivity index (χ3v) is 2.66. The number of carbonyl (C=O) groups is 1. The fraction of sp³-hybridized carbons (Fsp3) is 0. The van der Waals surface area contributed by atoms with E-state index in [9.17, 15) is 4.79 Å². The van der Waals surface area contributed by atoms with Crippen LogP contribution in [-0.4, -0.2) is 16.1 Å². The summed E-state index contributed by atoms with van der Waals surface area (Å²) >= 11 is 11.5. The topological polar surface area (TPSA) is 62.2 Å². The number of carboxylic acid groups (broad SMARTS) is 1. The number of pyridine rings is 1. The number of halogens is 2. The number of rotatable bonds is 3. The Morgan fingerprint density at radius 1 is 1.11 bits per heavy atom. The highest BCUT2D eigenvalue weighted by atomic mass is 35.5. The molecule has 0 aliphatic rings. The van der Waals surface area contributed by atoms with Crippen LogP contribution in [-0.2, 0) is 0 Å². The average molecular weight is 283 g/mol. The largest absolute Gasteiger partial charge is 0.478 e. The molecule has 0 atom stereocenters. The summed E-state index contributed by atoms with van der Waals surface area (Å²) in [4.78, 5) is 15.0. The first-order valence-electron chi connectivity index (χ1n) is 4.98. The molecule has 1 heterocycles. The normalized spacial score (nSPS) is 10.1. The lowest BCUT2D eigenvalue weighted by Crippen LogP contribution is -2.04. The number of aromatic nitrogens is 1. The van der Waals surface area contributed by atoms with E-state index in [1.165, 1.54) is 12.1 Å². The molecule has 6 heteroatoms. The number of hydrogen-bond donors (Lipinski definition) is 2. The van der Waals surface area contributed by atoms with Gasteiger partial charge in [0.1, 0.15) is 16.5 Å². The van der Waals surface area contributed by atoms with Gasteiger partial charge in [0.2, 0.25) is 0 Å². The van der Waals surface area contributed by atoms with Crippen LogP contribution in [0.3, 0.4) is 0 Å². The minimum atomic E-state index is -1.07. The van der Waals surface area contributed by atoms with Crippen molar-refractivity contribution in [3.8, 4) is 0 Å². The molecule has 1 aromatic heterocycles.